The van der Waals surface area contributed by atoms with E-state index in [2.05, 4.69) is 10.1 Å². The van der Waals surface area contributed by atoms with Crippen molar-refractivity contribution in [1.82, 2.24) is 5.32 Å². The minimum absolute atomic E-state index is 0.0594. The molecule has 0 aromatic heterocycles. The van der Waals surface area contributed by atoms with Gasteiger partial charge < -0.3 is 19.9 Å². The van der Waals surface area contributed by atoms with Crippen LogP contribution in [0.4, 0.5) is 4.79 Å². The van der Waals surface area contributed by atoms with Crippen LogP contribution in [0.2, 0.25) is 0 Å². The normalized spacial score (nSPS) is 10.5. The Balaban J connectivity index is 1.75. The number of methoxy groups -OCH3 is 1. The Kier molecular flexibility index (Phi) is 7.24. The van der Waals surface area contributed by atoms with Gasteiger partial charge in [-0.25, -0.2) is 9.59 Å². The molecule has 2 aromatic carbocycles. The Hall–Kier alpha value is -3.28. The van der Waals surface area contributed by atoms with Crippen LogP contribution < -0.4 is 5.32 Å². The molecule has 0 radical (unpaired) electrons. The maximum absolute atomic E-state index is 11.6. The molecule has 0 heterocycles. The van der Waals surface area contributed by atoms with E-state index in [4.69, 9.17) is 4.74 Å². The fourth-order valence-electron chi connectivity index (χ4n) is 2.17. The first kappa shape index (κ1) is 19.1. The van der Waals surface area contributed by atoms with Crippen molar-refractivity contribution in [2.45, 2.75) is 13.0 Å². The molecule has 0 aliphatic heterocycles. The molecule has 0 unspecified atom stereocenters. The minimum atomic E-state index is -0.488. The molecule has 2 N–H and O–H groups in total. The lowest BCUT2D eigenvalue weighted by atomic mass is 10.1. The summed E-state index contributed by atoms with van der Waals surface area (Å²) in [5, 5.41) is 12.5. The Labute approximate surface area is 152 Å². The Morgan fingerprint density at radius 1 is 1.15 bits per heavy atom. The van der Waals surface area contributed by atoms with Gasteiger partial charge in [0.05, 0.1) is 12.7 Å². The zero-order valence-corrected chi connectivity index (χ0v) is 14.5. The van der Waals surface area contributed by atoms with Crippen molar-refractivity contribution < 1.29 is 24.2 Å². The molecule has 0 atom stereocenters. The van der Waals surface area contributed by atoms with Crippen LogP contribution in [-0.2, 0) is 16.1 Å². The van der Waals surface area contributed by atoms with Gasteiger partial charge in [0, 0.05) is 12.1 Å². The maximum atomic E-state index is 11.6. The topological polar surface area (TPSA) is 84.9 Å². The van der Waals surface area contributed by atoms with Gasteiger partial charge in [0.15, 0.2) is 0 Å². The zero-order chi connectivity index (χ0) is 18.8. The first-order valence-corrected chi connectivity index (χ1v) is 8.12. The fraction of sp³-hybridized carbons (Fsp3) is 0.200. The van der Waals surface area contributed by atoms with Crippen LogP contribution in [0.15, 0.2) is 54.6 Å². The summed E-state index contributed by atoms with van der Waals surface area (Å²) in [6.07, 6.45) is 3.52. The standard InChI is InChI=1S/C20H21NO5/c1-25-19(23)17-10-11-18(22)16(13-17)9-5-6-12-21-20(24)26-14-15-7-3-2-4-8-15/h2-5,7-11,13,22H,6,12,14H2,1H3,(H,21,24). The lowest BCUT2D eigenvalue weighted by Gasteiger charge is -2.06. The molecule has 0 spiro atoms. The van der Waals surface area contributed by atoms with Crippen molar-refractivity contribution in [1.29, 1.82) is 0 Å². The summed E-state index contributed by atoms with van der Waals surface area (Å²) in [6, 6.07) is 13.9. The molecule has 0 saturated carbocycles. The lowest BCUT2D eigenvalue weighted by molar-refractivity contribution is 0.0600. The molecule has 0 bridgehead atoms. The van der Waals surface area contributed by atoms with Crippen molar-refractivity contribution in [3.8, 4) is 5.75 Å². The van der Waals surface area contributed by atoms with Gasteiger partial charge in [0.2, 0.25) is 0 Å². The van der Waals surface area contributed by atoms with Crippen LogP contribution in [0.1, 0.15) is 27.9 Å². The van der Waals surface area contributed by atoms with Crippen molar-refractivity contribution in [3.63, 3.8) is 0 Å². The molecule has 0 aliphatic rings. The SMILES string of the molecule is COC(=O)c1ccc(O)c(C=CCCNC(=O)OCc2ccccc2)c1. The Morgan fingerprint density at radius 2 is 1.92 bits per heavy atom. The van der Waals surface area contributed by atoms with E-state index in [1.54, 1.807) is 18.2 Å². The van der Waals surface area contributed by atoms with Crippen LogP contribution in [-0.4, -0.2) is 30.8 Å². The summed E-state index contributed by atoms with van der Waals surface area (Å²) in [4.78, 5) is 23.1. The second-order valence-corrected chi connectivity index (χ2v) is 5.44. The molecule has 0 saturated heterocycles. The number of carbonyl (C=O) groups is 2. The number of amides is 1. The van der Waals surface area contributed by atoms with Crippen LogP contribution >= 0.6 is 0 Å². The monoisotopic (exact) mass is 355 g/mol. The molecule has 26 heavy (non-hydrogen) atoms. The van der Waals surface area contributed by atoms with Crippen LogP contribution in [0, 0.1) is 0 Å². The number of phenols is 1. The highest BCUT2D eigenvalue weighted by Crippen LogP contribution is 2.20. The van der Waals surface area contributed by atoms with Gasteiger partial charge in [-0.3, -0.25) is 0 Å². The first-order valence-electron chi connectivity index (χ1n) is 8.12. The zero-order valence-electron chi connectivity index (χ0n) is 14.5. The molecular weight excluding hydrogens is 334 g/mol. The van der Waals surface area contributed by atoms with E-state index in [0.717, 1.165) is 5.56 Å². The molecule has 0 aliphatic carbocycles. The van der Waals surface area contributed by atoms with E-state index in [1.165, 1.54) is 19.2 Å². The van der Waals surface area contributed by atoms with Crippen molar-refractivity contribution in [2.24, 2.45) is 0 Å². The molecule has 6 nitrogen and oxygen atoms in total. The molecule has 2 aromatic rings. The maximum Gasteiger partial charge on any atom is 0.407 e. The highest BCUT2D eigenvalue weighted by Gasteiger charge is 2.07. The van der Waals surface area contributed by atoms with Crippen molar-refractivity contribution in [2.75, 3.05) is 13.7 Å². The third-order valence-electron chi connectivity index (χ3n) is 3.54. The van der Waals surface area contributed by atoms with Gasteiger partial charge in [-0.1, -0.05) is 42.5 Å². The van der Waals surface area contributed by atoms with Crippen LogP contribution in [0.5, 0.6) is 5.75 Å². The summed E-state index contributed by atoms with van der Waals surface area (Å²) in [7, 11) is 1.30. The predicted molar refractivity (Wildman–Crippen MR) is 97.7 cm³/mol. The second kappa shape index (κ2) is 9.88. The average Bonchev–Trinajstić information content (AvgIpc) is 2.67. The van der Waals surface area contributed by atoms with Crippen LogP contribution in [0.3, 0.4) is 0 Å². The van der Waals surface area contributed by atoms with Gasteiger partial charge in [-0.15, -0.1) is 0 Å². The number of hydrogen-bond donors (Lipinski definition) is 2. The van der Waals surface area contributed by atoms with Crippen LogP contribution in [0.25, 0.3) is 6.08 Å². The third kappa shape index (κ3) is 5.98. The number of benzene rings is 2. The highest BCUT2D eigenvalue weighted by molar-refractivity contribution is 5.90. The number of esters is 1. The minimum Gasteiger partial charge on any atom is -0.507 e. The number of ether oxygens (including phenoxy) is 2. The van der Waals surface area contributed by atoms with E-state index in [9.17, 15) is 14.7 Å². The fourth-order valence-corrected chi connectivity index (χ4v) is 2.17. The van der Waals surface area contributed by atoms with E-state index in [0.29, 0.717) is 24.1 Å². The highest BCUT2D eigenvalue weighted by atomic mass is 16.5. The number of phenolic OH excluding ortho intramolecular Hbond substituents is 1. The molecule has 0 fully saturated rings. The van der Waals surface area contributed by atoms with Gasteiger partial charge in [0.1, 0.15) is 12.4 Å². The summed E-state index contributed by atoms with van der Waals surface area (Å²) < 4.78 is 9.75. The quantitative estimate of drug-likeness (QED) is 0.586. The van der Waals surface area contributed by atoms with E-state index in [-0.39, 0.29) is 12.4 Å². The summed E-state index contributed by atoms with van der Waals surface area (Å²) in [5.74, 6) is -0.411. The Bertz CT molecular complexity index is 771. The van der Waals surface area contributed by atoms with Gasteiger partial charge in [-0.2, -0.15) is 0 Å². The largest absolute Gasteiger partial charge is 0.507 e. The van der Waals surface area contributed by atoms with E-state index >= 15 is 0 Å². The Morgan fingerprint density at radius 3 is 2.65 bits per heavy atom. The first-order chi connectivity index (χ1) is 12.6. The summed E-state index contributed by atoms with van der Waals surface area (Å²) >= 11 is 0. The molecule has 6 heteroatoms. The second-order valence-electron chi connectivity index (χ2n) is 5.44. The number of rotatable bonds is 7. The van der Waals surface area contributed by atoms with E-state index < -0.39 is 12.1 Å². The molecular formula is C20H21NO5. The smallest absolute Gasteiger partial charge is 0.407 e. The van der Waals surface area contributed by atoms with Crippen molar-refractivity contribution in [3.05, 3.63) is 71.3 Å². The van der Waals surface area contributed by atoms with Gasteiger partial charge in [0.25, 0.3) is 0 Å². The lowest BCUT2D eigenvalue weighted by Crippen LogP contribution is -2.24. The molecule has 2 rings (SSSR count). The number of carbonyl (C=O) groups excluding carboxylic acids is 2. The number of nitrogens with one attached hydrogen (secondary N) is 1. The van der Waals surface area contributed by atoms with Crippen molar-refractivity contribution >= 4 is 18.1 Å². The number of hydrogen-bond acceptors (Lipinski definition) is 5. The van der Waals surface area contributed by atoms with Gasteiger partial charge in [-0.05, 0) is 30.2 Å². The number of aromatic hydroxyl groups is 1. The third-order valence-corrected chi connectivity index (χ3v) is 3.54. The number of alkyl carbamates (subject to hydrolysis) is 1. The average molecular weight is 355 g/mol. The summed E-state index contributed by atoms with van der Waals surface area (Å²) in [5.41, 5.74) is 1.77. The van der Waals surface area contributed by atoms with Gasteiger partial charge >= 0.3 is 12.1 Å². The molecule has 1 amide bonds. The summed E-state index contributed by atoms with van der Waals surface area (Å²) in [6.45, 7) is 0.609. The molecule has 136 valence electrons. The predicted octanol–water partition coefficient (Wildman–Crippen LogP) is 3.51. The van der Waals surface area contributed by atoms with E-state index in [1.807, 2.05) is 30.3 Å².